The zero-order chi connectivity index (χ0) is 15.6. The summed E-state index contributed by atoms with van der Waals surface area (Å²) in [6.45, 7) is 3.78. The monoisotopic (exact) mass is 304 g/mol. The van der Waals surface area contributed by atoms with Crippen LogP contribution < -0.4 is 15.8 Å². The predicted octanol–water partition coefficient (Wildman–Crippen LogP) is 3.80. The number of carbonyl (C=O) groups excluding carboxylic acids is 1. The largest absolute Gasteiger partial charge is 0.497 e. The fraction of sp³-hybridized carbons (Fsp3) is 0.188. The summed E-state index contributed by atoms with van der Waals surface area (Å²) in [4.78, 5) is 12.4. The van der Waals surface area contributed by atoms with Crippen LogP contribution in [0.15, 0.2) is 30.3 Å². The second kappa shape index (κ2) is 6.06. The highest BCUT2D eigenvalue weighted by atomic mass is 35.5. The number of benzene rings is 2. The molecule has 0 atom stereocenters. The molecular formula is C16H17ClN2O2. The Hall–Kier alpha value is -2.20. The molecule has 0 bridgehead atoms. The summed E-state index contributed by atoms with van der Waals surface area (Å²) in [6, 6.07) is 8.64. The molecule has 5 heteroatoms. The molecule has 3 N–H and O–H groups in total. The molecule has 0 heterocycles. The van der Waals surface area contributed by atoms with Crippen molar-refractivity contribution >= 4 is 28.9 Å². The number of anilines is 2. The van der Waals surface area contributed by atoms with Gasteiger partial charge < -0.3 is 15.8 Å². The van der Waals surface area contributed by atoms with Crippen LogP contribution in [0.5, 0.6) is 5.75 Å². The minimum atomic E-state index is -0.255. The lowest BCUT2D eigenvalue weighted by molar-refractivity contribution is 0.102. The van der Waals surface area contributed by atoms with Crippen molar-refractivity contribution in [2.24, 2.45) is 0 Å². The lowest BCUT2D eigenvalue weighted by Gasteiger charge is -2.12. The van der Waals surface area contributed by atoms with Crippen molar-refractivity contribution in [1.82, 2.24) is 0 Å². The van der Waals surface area contributed by atoms with Gasteiger partial charge in [0.05, 0.1) is 17.8 Å². The Morgan fingerprint density at radius 2 is 1.90 bits per heavy atom. The number of carbonyl (C=O) groups is 1. The van der Waals surface area contributed by atoms with E-state index in [0.717, 1.165) is 11.1 Å². The maximum absolute atomic E-state index is 12.4. The van der Waals surface area contributed by atoms with Crippen molar-refractivity contribution < 1.29 is 9.53 Å². The number of nitrogens with two attached hydrogens (primary N) is 1. The van der Waals surface area contributed by atoms with E-state index < -0.39 is 0 Å². The molecule has 21 heavy (non-hydrogen) atoms. The van der Waals surface area contributed by atoms with Gasteiger partial charge in [0.1, 0.15) is 5.75 Å². The second-order valence-corrected chi connectivity index (χ2v) is 5.23. The number of methoxy groups -OCH3 is 1. The van der Waals surface area contributed by atoms with E-state index in [0.29, 0.717) is 27.7 Å². The first-order chi connectivity index (χ1) is 9.92. The predicted molar refractivity (Wildman–Crippen MR) is 86.3 cm³/mol. The normalized spacial score (nSPS) is 10.3. The van der Waals surface area contributed by atoms with E-state index >= 15 is 0 Å². The van der Waals surface area contributed by atoms with Crippen LogP contribution in [-0.4, -0.2) is 13.0 Å². The van der Waals surface area contributed by atoms with Crippen molar-refractivity contribution in [2.75, 3.05) is 18.2 Å². The molecule has 110 valence electrons. The number of rotatable bonds is 3. The third-order valence-corrected chi connectivity index (χ3v) is 3.61. The van der Waals surface area contributed by atoms with Crippen LogP contribution in [-0.2, 0) is 0 Å². The van der Waals surface area contributed by atoms with Crippen LogP contribution in [0, 0.1) is 13.8 Å². The van der Waals surface area contributed by atoms with Crippen molar-refractivity contribution in [3.8, 4) is 5.75 Å². The first kappa shape index (κ1) is 15.2. The minimum Gasteiger partial charge on any atom is -0.497 e. The summed E-state index contributed by atoms with van der Waals surface area (Å²) in [7, 11) is 1.56. The molecule has 0 saturated heterocycles. The first-order valence-electron chi connectivity index (χ1n) is 6.44. The molecule has 4 nitrogen and oxygen atoms in total. The maximum Gasteiger partial charge on any atom is 0.256 e. The lowest BCUT2D eigenvalue weighted by Crippen LogP contribution is -2.14. The number of halogens is 1. The van der Waals surface area contributed by atoms with E-state index in [2.05, 4.69) is 5.32 Å². The van der Waals surface area contributed by atoms with E-state index in [9.17, 15) is 4.79 Å². The molecule has 0 aliphatic heterocycles. The SMILES string of the molecule is COc1ccc(Cl)c(NC(=O)c2cc(N)c(C)cc2C)c1. The Kier molecular flexibility index (Phi) is 4.38. The number of hydrogen-bond acceptors (Lipinski definition) is 3. The van der Waals surface area contributed by atoms with Crippen LogP contribution in [0.25, 0.3) is 0 Å². The smallest absolute Gasteiger partial charge is 0.256 e. The third-order valence-electron chi connectivity index (χ3n) is 3.28. The maximum atomic E-state index is 12.4. The molecule has 0 spiro atoms. The van der Waals surface area contributed by atoms with E-state index in [1.165, 1.54) is 0 Å². The average molecular weight is 305 g/mol. The van der Waals surface area contributed by atoms with Gasteiger partial charge in [0.2, 0.25) is 0 Å². The fourth-order valence-electron chi connectivity index (χ4n) is 2.03. The van der Waals surface area contributed by atoms with E-state index in [-0.39, 0.29) is 5.91 Å². The number of nitrogen functional groups attached to an aromatic ring is 1. The zero-order valence-electron chi connectivity index (χ0n) is 12.2. The molecule has 0 aliphatic rings. The summed E-state index contributed by atoms with van der Waals surface area (Å²) in [6.07, 6.45) is 0. The summed E-state index contributed by atoms with van der Waals surface area (Å²) in [5.41, 5.74) is 9.29. The molecule has 0 aliphatic carbocycles. The molecule has 0 radical (unpaired) electrons. The highest BCUT2D eigenvalue weighted by molar-refractivity contribution is 6.34. The Bertz CT molecular complexity index is 699. The van der Waals surface area contributed by atoms with Crippen molar-refractivity contribution in [1.29, 1.82) is 0 Å². The lowest BCUT2D eigenvalue weighted by atomic mass is 10.0. The number of amides is 1. The topological polar surface area (TPSA) is 64.3 Å². The quantitative estimate of drug-likeness (QED) is 0.848. The summed E-state index contributed by atoms with van der Waals surface area (Å²) in [5.74, 6) is 0.365. The van der Waals surface area contributed by atoms with Gasteiger partial charge in [-0.3, -0.25) is 4.79 Å². The van der Waals surface area contributed by atoms with Gasteiger partial charge in [-0.1, -0.05) is 17.7 Å². The molecule has 0 saturated carbocycles. The highest BCUT2D eigenvalue weighted by Gasteiger charge is 2.13. The van der Waals surface area contributed by atoms with Gasteiger partial charge in [0, 0.05) is 17.3 Å². The van der Waals surface area contributed by atoms with Crippen LogP contribution in [0.1, 0.15) is 21.5 Å². The van der Waals surface area contributed by atoms with E-state index in [1.807, 2.05) is 19.9 Å². The first-order valence-corrected chi connectivity index (χ1v) is 6.81. The number of ether oxygens (including phenoxy) is 1. The zero-order valence-corrected chi connectivity index (χ0v) is 12.9. The van der Waals surface area contributed by atoms with Crippen LogP contribution in [0.2, 0.25) is 5.02 Å². The summed E-state index contributed by atoms with van der Waals surface area (Å²) < 4.78 is 5.13. The van der Waals surface area contributed by atoms with E-state index in [1.54, 1.807) is 31.4 Å². The summed E-state index contributed by atoms with van der Waals surface area (Å²) in [5, 5.41) is 3.23. The molecule has 2 aromatic carbocycles. The molecule has 2 aromatic rings. The minimum absolute atomic E-state index is 0.255. The van der Waals surface area contributed by atoms with E-state index in [4.69, 9.17) is 22.1 Å². The van der Waals surface area contributed by atoms with Crippen LogP contribution in [0.4, 0.5) is 11.4 Å². The van der Waals surface area contributed by atoms with Crippen molar-refractivity contribution in [2.45, 2.75) is 13.8 Å². The van der Waals surface area contributed by atoms with Crippen LogP contribution >= 0.6 is 11.6 Å². The molecule has 0 aromatic heterocycles. The van der Waals surface area contributed by atoms with Crippen LogP contribution in [0.3, 0.4) is 0 Å². The third kappa shape index (κ3) is 3.28. The molecule has 0 fully saturated rings. The van der Waals surface area contributed by atoms with Crippen molar-refractivity contribution in [3.63, 3.8) is 0 Å². The standard InChI is InChI=1S/C16H17ClN2O2/c1-9-6-10(2)14(18)8-12(9)16(20)19-15-7-11(21-3)4-5-13(15)17/h4-8H,18H2,1-3H3,(H,19,20). The van der Waals surface area contributed by atoms with Gasteiger partial charge in [-0.25, -0.2) is 0 Å². The van der Waals surface area contributed by atoms with Gasteiger partial charge in [-0.15, -0.1) is 0 Å². The molecular weight excluding hydrogens is 288 g/mol. The Morgan fingerprint density at radius 3 is 2.57 bits per heavy atom. The Morgan fingerprint density at radius 1 is 1.19 bits per heavy atom. The average Bonchev–Trinajstić information content (AvgIpc) is 2.45. The van der Waals surface area contributed by atoms with Crippen molar-refractivity contribution in [3.05, 3.63) is 52.0 Å². The molecule has 0 unspecified atom stereocenters. The van der Waals surface area contributed by atoms with Gasteiger partial charge in [-0.2, -0.15) is 0 Å². The second-order valence-electron chi connectivity index (χ2n) is 4.82. The number of nitrogens with one attached hydrogen (secondary N) is 1. The fourth-order valence-corrected chi connectivity index (χ4v) is 2.20. The highest BCUT2D eigenvalue weighted by Crippen LogP contribution is 2.28. The van der Waals surface area contributed by atoms with Gasteiger partial charge in [0.25, 0.3) is 5.91 Å². The molecule has 1 amide bonds. The van der Waals surface area contributed by atoms with Gasteiger partial charge in [0.15, 0.2) is 0 Å². The Balaban J connectivity index is 2.32. The Labute approximate surface area is 128 Å². The number of aryl methyl sites for hydroxylation is 2. The number of hydrogen-bond donors (Lipinski definition) is 2. The van der Waals surface area contributed by atoms with Gasteiger partial charge in [-0.05, 0) is 43.2 Å². The van der Waals surface area contributed by atoms with Gasteiger partial charge >= 0.3 is 0 Å². The molecule has 2 rings (SSSR count). The summed E-state index contributed by atoms with van der Waals surface area (Å²) >= 11 is 6.09.